The molecule has 0 aliphatic carbocycles. The van der Waals surface area contributed by atoms with Crippen LogP contribution >= 0.6 is 10.3 Å². The lowest BCUT2D eigenvalue weighted by Crippen LogP contribution is -2.27. The summed E-state index contributed by atoms with van der Waals surface area (Å²) in [5.74, 6) is 0.511. The summed E-state index contributed by atoms with van der Waals surface area (Å²) < 4.78 is 78.2. The third kappa shape index (κ3) is 5.27. The van der Waals surface area contributed by atoms with Gasteiger partial charge in [-0.25, -0.2) is 8.42 Å². The monoisotopic (exact) mass is 480 g/mol. The van der Waals surface area contributed by atoms with Crippen LogP contribution < -0.4 is 4.74 Å². The normalized spacial score (nSPS) is 18.0. The number of carbonyl (C=O) groups excluding carboxylic acids is 1. The van der Waals surface area contributed by atoms with Gasteiger partial charge in [0.15, 0.2) is 0 Å². The van der Waals surface area contributed by atoms with Crippen molar-refractivity contribution in [2.45, 2.75) is 49.6 Å². The molecule has 0 bridgehead atoms. The van der Waals surface area contributed by atoms with Crippen LogP contribution in [-0.2, 0) is 18.5 Å². The van der Waals surface area contributed by atoms with Crippen LogP contribution in [0, 0.1) is 0 Å². The first-order valence-electron chi connectivity index (χ1n) is 9.47. The Kier molecular flexibility index (Phi) is 6.25. The fraction of sp³-hybridized carbons (Fsp3) is 0.450. The lowest BCUT2D eigenvalue weighted by Gasteiger charge is -2.35. The van der Waals surface area contributed by atoms with E-state index in [1.54, 1.807) is 45.0 Å². The van der Waals surface area contributed by atoms with E-state index in [0.29, 0.717) is 28.5 Å². The fourth-order valence-corrected chi connectivity index (χ4v) is 8.69. The second-order valence-electron chi connectivity index (χ2n) is 8.10. The van der Waals surface area contributed by atoms with Crippen LogP contribution in [0.4, 0.5) is 18.0 Å². The molecule has 0 saturated carbocycles. The highest BCUT2D eigenvalue weighted by atomic mass is 32.3. The minimum Gasteiger partial charge on any atom is -0.428 e. The van der Waals surface area contributed by atoms with Gasteiger partial charge in [0.1, 0.15) is 11.4 Å². The number of rotatable bonds is 4. The molecule has 1 fully saturated rings. The van der Waals surface area contributed by atoms with E-state index in [9.17, 15) is 26.4 Å². The molecule has 0 unspecified atom stereocenters. The summed E-state index contributed by atoms with van der Waals surface area (Å²) in [4.78, 5) is 12.4. The molecule has 31 heavy (non-hydrogen) atoms. The molecule has 0 amide bonds. The van der Waals surface area contributed by atoms with Crippen LogP contribution in [0.2, 0.25) is 0 Å². The zero-order chi connectivity index (χ0) is 23.1. The topological polar surface area (TPSA) is 78.9 Å². The molecule has 1 heterocycles. The largest absolute Gasteiger partial charge is 0.523 e. The van der Waals surface area contributed by atoms with Crippen LogP contribution in [0.15, 0.2) is 41.3 Å². The van der Waals surface area contributed by atoms with Crippen molar-refractivity contribution in [1.82, 2.24) is 0 Å². The molecule has 0 spiro atoms. The molecule has 1 saturated heterocycles. The molecule has 2 aromatic carbocycles. The summed E-state index contributed by atoms with van der Waals surface area (Å²) in [6.45, 7) is 5.04. The van der Waals surface area contributed by atoms with Gasteiger partial charge in [-0.05, 0) is 62.6 Å². The first-order valence-corrected chi connectivity index (χ1v) is 12.8. The molecule has 0 N–H and O–H groups in total. The van der Waals surface area contributed by atoms with Gasteiger partial charge in [-0.3, -0.25) is 0 Å². The zero-order valence-corrected chi connectivity index (χ0v) is 18.8. The van der Waals surface area contributed by atoms with E-state index in [4.69, 9.17) is 13.1 Å². The molecule has 1 aliphatic rings. The molecule has 2 aromatic rings. The zero-order valence-electron chi connectivity index (χ0n) is 17.2. The molecule has 6 nitrogen and oxygen atoms in total. The van der Waals surface area contributed by atoms with Crippen molar-refractivity contribution in [1.29, 1.82) is 0 Å². The van der Waals surface area contributed by atoms with Crippen LogP contribution in [-0.4, -0.2) is 37.2 Å². The van der Waals surface area contributed by atoms with E-state index in [1.807, 2.05) is 0 Å². The minimum absolute atomic E-state index is 0.125. The number of alkyl halides is 3. The minimum atomic E-state index is -5.77. The van der Waals surface area contributed by atoms with Crippen molar-refractivity contribution >= 4 is 37.4 Å². The highest BCUT2D eigenvalue weighted by Crippen LogP contribution is 2.65. The molecule has 3 rings (SSSR count). The number of hydrogen-bond acceptors (Lipinski definition) is 6. The fourth-order valence-electron chi connectivity index (χ4n) is 3.29. The Morgan fingerprint density at radius 1 is 1.03 bits per heavy atom. The van der Waals surface area contributed by atoms with E-state index in [1.165, 1.54) is 12.1 Å². The second-order valence-corrected chi connectivity index (χ2v) is 12.9. The molecular weight excluding hydrogens is 457 g/mol. The highest BCUT2D eigenvalue weighted by Gasteiger charge is 2.52. The van der Waals surface area contributed by atoms with Crippen LogP contribution in [0.25, 0.3) is 10.8 Å². The van der Waals surface area contributed by atoms with Gasteiger partial charge in [-0.1, -0.05) is 28.5 Å². The second kappa shape index (κ2) is 8.18. The van der Waals surface area contributed by atoms with Gasteiger partial charge in [0.2, 0.25) is 0 Å². The Morgan fingerprint density at radius 3 is 2.26 bits per heavy atom. The van der Waals surface area contributed by atoms with Crippen molar-refractivity contribution in [2.75, 3.05) is 11.5 Å². The third-order valence-electron chi connectivity index (χ3n) is 4.51. The average molecular weight is 481 g/mol. The maximum Gasteiger partial charge on any atom is 0.523 e. The number of halogens is 3. The standard InChI is InChI=1S/C20H23F3O6S2/c1-19(2,3)28-18(24)27-15-10-9-14-7-6-8-17(16(14)13-15)30(11-4-5-12-30)29-31(25,26)20(21,22)23/h6-10,13H,4-5,11-12H2,1-3H3. The van der Waals surface area contributed by atoms with E-state index in [0.717, 1.165) is 0 Å². The molecule has 11 heteroatoms. The average Bonchev–Trinajstić information content (AvgIpc) is 3.07. The van der Waals surface area contributed by atoms with Crippen molar-refractivity contribution in [3.05, 3.63) is 36.4 Å². The predicted octanol–water partition coefficient (Wildman–Crippen LogP) is 5.89. The highest BCUT2D eigenvalue weighted by molar-refractivity contribution is 8.33. The summed E-state index contributed by atoms with van der Waals surface area (Å²) in [5.41, 5.74) is -6.28. The van der Waals surface area contributed by atoms with Gasteiger partial charge >= 0.3 is 21.8 Å². The number of benzene rings is 2. The summed E-state index contributed by atoms with van der Waals surface area (Å²) in [5, 5.41) is 1.12. The SMILES string of the molecule is CC(C)(C)OC(=O)Oc1ccc2cccc(S3(OS(=O)(=O)C(F)(F)F)CCCC3)c2c1. The van der Waals surface area contributed by atoms with Gasteiger partial charge in [0.25, 0.3) is 0 Å². The first kappa shape index (κ1) is 23.7. The summed E-state index contributed by atoms with van der Waals surface area (Å²) in [6, 6.07) is 9.61. The number of fused-ring (bicyclic) bond motifs is 1. The Labute approximate surface area is 180 Å². The Hall–Kier alpha value is -1.98. The van der Waals surface area contributed by atoms with Crippen LogP contribution in [0.1, 0.15) is 33.6 Å². The summed E-state index contributed by atoms with van der Waals surface area (Å²) in [6.07, 6.45) is 0.170. The molecule has 0 atom stereocenters. The maximum absolute atomic E-state index is 13.1. The summed E-state index contributed by atoms with van der Waals surface area (Å²) in [7, 11) is -8.54. The molecule has 0 radical (unpaired) electrons. The smallest absolute Gasteiger partial charge is 0.428 e. The number of carbonyl (C=O) groups is 1. The maximum atomic E-state index is 13.1. The van der Waals surface area contributed by atoms with Crippen molar-refractivity contribution in [2.24, 2.45) is 0 Å². The van der Waals surface area contributed by atoms with Gasteiger partial charge in [-0.2, -0.15) is 21.6 Å². The number of hydrogen-bond donors (Lipinski definition) is 0. The number of ether oxygens (including phenoxy) is 2. The summed E-state index contributed by atoms with van der Waals surface area (Å²) >= 11 is 0. The third-order valence-corrected chi connectivity index (χ3v) is 9.89. The quantitative estimate of drug-likeness (QED) is 0.308. The lowest BCUT2D eigenvalue weighted by atomic mass is 10.1. The van der Waals surface area contributed by atoms with Gasteiger partial charge in [-0.15, -0.1) is 0 Å². The van der Waals surface area contributed by atoms with Gasteiger partial charge in [0, 0.05) is 16.4 Å². The van der Waals surface area contributed by atoms with E-state index in [-0.39, 0.29) is 17.3 Å². The Bertz CT molecular complexity index is 1080. The van der Waals surface area contributed by atoms with E-state index in [2.05, 4.69) is 0 Å². The van der Waals surface area contributed by atoms with Gasteiger partial charge < -0.3 is 9.47 Å². The van der Waals surface area contributed by atoms with Crippen LogP contribution in [0.3, 0.4) is 0 Å². The molecule has 172 valence electrons. The molecule has 1 aliphatic heterocycles. The Balaban J connectivity index is 2.05. The predicted molar refractivity (Wildman–Crippen MR) is 112 cm³/mol. The van der Waals surface area contributed by atoms with Crippen molar-refractivity contribution < 1.29 is 39.5 Å². The van der Waals surface area contributed by atoms with Crippen molar-refractivity contribution in [3.8, 4) is 5.75 Å². The molecular formula is C20H23F3O6S2. The van der Waals surface area contributed by atoms with E-state index < -0.39 is 37.7 Å². The van der Waals surface area contributed by atoms with Gasteiger partial charge in [0.05, 0.1) is 0 Å². The Morgan fingerprint density at radius 2 is 1.68 bits per heavy atom. The molecule has 0 aromatic heterocycles. The van der Waals surface area contributed by atoms with Crippen molar-refractivity contribution in [3.63, 3.8) is 0 Å². The lowest BCUT2D eigenvalue weighted by molar-refractivity contribution is -0.0496. The van der Waals surface area contributed by atoms with E-state index >= 15 is 0 Å². The van der Waals surface area contributed by atoms with Crippen LogP contribution in [0.5, 0.6) is 5.75 Å². The first-order chi connectivity index (χ1) is 14.2.